The molecule has 0 radical (unpaired) electrons. The second-order valence-electron chi connectivity index (χ2n) is 5.20. The zero-order valence-electron chi connectivity index (χ0n) is 11.9. The van der Waals surface area contributed by atoms with Crippen LogP contribution in [0.5, 0.6) is 0 Å². The van der Waals surface area contributed by atoms with Crippen LogP contribution in [0.1, 0.15) is 25.7 Å². The van der Waals surface area contributed by atoms with E-state index < -0.39 is 0 Å². The van der Waals surface area contributed by atoms with Crippen LogP contribution in [0.4, 0.5) is 5.69 Å². The van der Waals surface area contributed by atoms with E-state index in [0.717, 1.165) is 23.6 Å². The van der Waals surface area contributed by atoms with Crippen LogP contribution in [0.2, 0.25) is 0 Å². The van der Waals surface area contributed by atoms with Crippen molar-refractivity contribution in [3.63, 3.8) is 0 Å². The number of imidazole rings is 1. The summed E-state index contributed by atoms with van der Waals surface area (Å²) in [6, 6.07) is 18.9. The summed E-state index contributed by atoms with van der Waals surface area (Å²) >= 11 is 0. The maximum absolute atomic E-state index is 4.75. The van der Waals surface area contributed by atoms with Gasteiger partial charge in [0.1, 0.15) is 5.82 Å². The van der Waals surface area contributed by atoms with Gasteiger partial charge in [0, 0.05) is 11.7 Å². The number of hydrogen-bond donors (Lipinski definition) is 1. The molecule has 0 aliphatic rings. The maximum Gasteiger partial charge on any atom is 0.129 e. The average Bonchev–Trinajstić information content (AvgIpc) is 2.84. The van der Waals surface area contributed by atoms with Crippen LogP contribution in [-0.4, -0.2) is 9.55 Å². The Hall–Kier alpha value is -2.29. The van der Waals surface area contributed by atoms with Crippen molar-refractivity contribution in [3.05, 3.63) is 60.4 Å². The number of hydrogen-bond acceptors (Lipinski definition) is 2. The van der Waals surface area contributed by atoms with Gasteiger partial charge in [0.15, 0.2) is 0 Å². The van der Waals surface area contributed by atoms with Crippen molar-refractivity contribution in [2.75, 3.05) is 5.32 Å². The van der Waals surface area contributed by atoms with Gasteiger partial charge >= 0.3 is 0 Å². The quantitative estimate of drug-likeness (QED) is 0.765. The molecule has 0 aliphatic carbocycles. The van der Waals surface area contributed by atoms with Gasteiger partial charge in [-0.15, -0.1) is 0 Å². The van der Waals surface area contributed by atoms with Crippen LogP contribution in [0, 0.1) is 0 Å². The van der Waals surface area contributed by atoms with Crippen molar-refractivity contribution in [2.24, 2.45) is 0 Å². The molecule has 0 bridgehead atoms. The number of aromatic nitrogens is 2. The molecule has 3 aromatic rings. The second-order valence-corrected chi connectivity index (χ2v) is 5.20. The SMILES string of the molecule is CC(C)n1c(CNc2ccccc2)nc2ccccc21. The summed E-state index contributed by atoms with van der Waals surface area (Å²) < 4.78 is 2.30. The Balaban J connectivity index is 1.93. The lowest BCUT2D eigenvalue weighted by atomic mass is 10.3. The number of rotatable bonds is 4. The highest BCUT2D eigenvalue weighted by atomic mass is 15.1. The van der Waals surface area contributed by atoms with Crippen LogP contribution in [0.25, 0.3) is 11.0 Å². The molecule has 2 aromatic carbocycles. The Labute approximate surface area is 119 Å². The van der Waals surface area contributed by atoms with Gasteiger partial charge < -0.3 is 9.88 Å². The summed E-state index contributed by atoms with van der Waals surface area (Å²) in [7, 11) is 0. The third-order valence-corrected chi connectivity index (χ3v) is 3.41. The summed E-state index contributed by atoms with van der Waals surface area (Å²) in [4.78, 5) is 4.75. The van der Waals surface area contributed by atoms with E-state index in [9.17, 15) is 0 Å². The van der Waals surface area contributed by atoms with Crippen molar-refractivity contribution >= 4 is 16.7 Å². The first kappa shape index (κ1) is 12.7. The Morgan fingerprint density at radius 3 is 2.45 bits per heavy atom. The minimum Gasteiger partial charge on any atom is -0.378 e. The molecule has 3 heteroatoms. The van der Waals surface area contributed by atoms with Crippen molar-refractivity contribution in [2.45, 2.75) is 26.4 Å². The normalized spacial score (nSPS) is 11.2. The van der Waals surface area contributed by atoms with E-state index >= 15 is 0 Å². The predicted molar refractivity (Wildman–Crippen MR) is 83.9 cm³/mol. The molecule has 20 heavy (non-hydrogen) atoms. The summed E-state index contributed by atoms with van der Waals surface area (Å²) in [5.41, 5.74) is 3.38. The van der Waals surface area contributed by atoms with E-state index in [1.54, 1.807) is 0 Å². The standard InChI is InChI=1S/C17H19N3/c1-13(2)20-16-11-7-6-10-15(16)19-17(20)12-18-14-8-4-3-5-9-14/h3-11,13,18H,12H2,1-2H3. The molecule has 0 amide bonds. The monoisotopic (exact) mass is 265 g/mol. The lowest BCUT2D eigenvalue weighted by Gasteiger charge is -2.14. The summed E-state index contributed by atoms with van der Waals surface area (Å²) in [5.74, 6) is 1.07. The van der Waals surface area contributed by atoms with Gasteiger partial charge in [-0.2, -0.15) is 0 Å². The molecule has 1 heterocycles. The highest BCUT2D eigenvalue weighted by Crippen LogP contribution is 2.21. The number of nitrogens with zero attached hydrogens (tertiary/aromatic N) is 2. The maximum atomic E-state index is 4.75. The number of anilines is 1. The molecule has 0 fully saturated rings. The van der Waals surface area contributed by atoms with Gasteiger partial charge in [-0.25, -0.2) is 4.98 Å². The fourth-order valence-electron chi connectivity index (χ4n) is 2.53. The minimum absolute atomic E-state index is 0.398. The summed E-state index contributed by atoms with van der Waals surface area (Å²) in [6.07, 6.45) is 0. The van der Waals surface area contributed by atoms with Gasteiger partial charge in [-0.05, 0) is 38.1 Å². The highest BCUT2D eigenvalue weighted by molar-refractivity contribution is 5.76. The van der Waals surface area contributed by atoms with Gasteiger partial charge in [-0.1, -0.05) is 30.3 Å². The van der Waals surface area contributed by atoms with Crippen molar-refractivity contribution < 1.29 is 0 Å². The van der Waals surface area contributed by atoms with Crippen LogP contribution < -0.4 is 5.32 Å². The molecule has 1 aromatic heterocycles. The molecule has 0 spiro atoms. The Kier molecular flexibility index (Phi) is 3.42. The molecule has 0 aliphatic heterocycles. The van der Waals surface area contributed by atoms with Gasteiger partial charge in [-0.3, -0.25) is 0 Å². The summed E-state index contributed by atoms with van der Waals surface area (Å²) in [6.45, 7) is 5.12. The van der Waals surface area contributed by atoms with Crippen molar-refractivity contribution in [3.8, 4) is 0 Å². The molecule has 0 saturated carbocycles. The van der Waals surface area contributed by atoms with Crippen molar-refractivity contribution in [1.29, 1.82) is 0 Å². The number of fused-ring (bicyclic) bond motifs is 1. The lowest BCUT2D eigenvalue weighted by molar-refractivity contribution is 0.589. The predicted octanol–water partition coefficient (Wildman–Crippen LogP) is 4.23. The Morgan fingerprint density at radius 1 is 1.00 bits per heavy atom. The molecule has 3 nitrogen and oxygen atoms in total. The Morgan fingerprint density at radius 2 is 1.70 bits per heavy atom. The first-order chi connectivity index (χ1) is 9.75. The molecular formula is C17H19N3. The minimum atomic E-state index is 0.398. The number of para-hydroxylation sites is 3. The highest BCUT2D eigenvalue weighted by Gasteiger charge is 2.12. The zero-order valence-corrected chi connectivity index (χ0v) is 11.9. The second kappa shape index (κ2) is 5.37. The first-order valence-electron chi connectivity index (χ1n) is 7.00. The molecule has 0 unspecified atom stereocenters. The molecule has 1 N–H and O–H groups in total. The zero-order chi connectivity index (χ0) is 13.9. The number of benzene rings is 2. The third-order valence-electron chi connectivity index (χ3n) is 3.41. The average molecular weight is 265 g/mol. The van der Waals surface area contributed by atoms with Crippen LogP contribution >= 0.6 is 0 Å². The van der Waals surface area contributed by atoms with Crippen molar-refractivity contribution in [1.82, 2.24) is 9.55 Å². The molecule has 0 atom stereocenters. The lowest BCUT2D eigenvalue weighted by Crippen LogP contribution is -2.10. The molecule has 0 saturated heterocycles. The molecular weight excluding hydrogens is 246 g/mol. The molecule has 102 valence electrons. The van der Waals surface area contributed by atoms with Crippen LogP contribution in [-0.2, 0) is 6.54 Å². The van der Waals surface area contributed by atoms with E-state index in [1.807, 2.05) is 24.3 Å². The van der Waals surface area contributed by atoms with Crippen LogP contribution in [0.15, 0.2) is 54.6 Å². The third kappa shape index (κ3) is 2.39. The first-order valence-corrected chi connectivity index (χ1v) is 7.00. The van der Waals surface area contributed by atoms with Gasteiger partial charge in [0.05, 0.1) is 17.6 Å². The van der Waals surface area contributed by atoms with E-state index in [-0.39, 0.29) is 0 Å². The van der Waals surface area contributed by atoms with Crippen LogP contribution in [0.3, 0.4) is 0 Å². The fourth-order valence-corrected chi connectivity index (χ4v) is 2.53. The van der Waals surface area contributed by atoms with Gasteiger partial charge in [0.25, 0.3) is 0 Å². The van der Waals surface area contributed by atoms with E-state index in [2.05, 4.69) is 54.1 Å². The van der Waals surface area contributed by atoms with E-state index in [4.69, 9.17) is 4.98 Å². The smallest absolute Gasteiger partial charge is 0.129 e. The summed E-state index contributed by atoms with van der Waals surface area (Å²) in [5, 5.41) is 3.43. The van der Waals surface area contributed by atoms with E-state index in [0.29, 0.717) is 6.04 Å². The van der Waals surface area contributed by atoms with Gasteiger partial charge in [0.2, 0.25) is 0 Å². The largest absolute Gasteiger partial charge is 0.378 e. The topological polar surface area (TPSA) is 29.9 Å². The number of nitrogens with one attached hydrogen (secondary N) is 1. The molecule has 3 rings (SSSR count). The fraction of sp³-hybridized carbons (Fsp3) is 0.235. The Bertz CT molecular complexity index is 699. The van der Waals surface area contributed by atoms with E-state index in [1.165, 1.54) is 5.52 Å².